The van der Waals surface area contributed by atoms with Crippen LogP contribution in [0.15, 0.2) is 48.8 Å². The van der Waals surface area contributed by atoms with Crippen molar-refractivity contribution in [3.63, 3.8) is 0 Å². The minimum Gasteiger partial charge on any atom is -0.490 e. The summed E-state index contributed by atoms with van der Waals surface area (Å²) in [6.45, 7) is 4.45. The molecule has 5 rings (SSSR count). The summed E-state index contributed by atoms with van der Waals surface area (Å²) >= 11 is 0. The van der Waals surface area contributed by atoms with Gasteiger partial charge >= 0.3 is 6.03 Å². The molecule has 0 radical (unpaired) electrons. The third-order valence-corrected chi connectivity index (χ3v) is 6.26. The van der Waals surface area contributed by atoms with Crippen LogP contribution in [0.2, 0.25) is 0 Å². The second-order valence-electron chi connectivity index (χ2n) is 8.45. The molecule has 3 heterocycles. The third kappa shape index (κ3) is 3.99. The molecule has 0 bridgehead atoms. The number of likely N-dealkylation sites (tertiary alicyclic amines) is 1. The number of rotatable bonds is 5. The fraction of sp³-hybridized carbons (Fsp3) is 0.417. The van der Waals surface area contributed by atoms with E-state index < -0.39 is 0 Å². The number of amides is 2. The summed E-state index contributed by atoms with van der Waals surface area (Å²) in [5.74, 6) is 1.60. The van der Waals surface area contributed by atoms with Crippen LogP contribution in [0.3, 0.4) is 0 Å². The molecule has 1 aromatic carbocycles. The first-order valence-electron chi connectivity index (χ1n) is 10.9. The van der Waals surface area contributed by atoms with E-state index in [9.17, 15) is 4.79 Å². The van der Waals surface area contributed by atoms with Crippen LogP contribution in [0, 0.1) is 12.8 Å². The number of aromatic nitrogens is 2. The molecule has 1 aliphatic carbocycles. The molecule has 6 heteroatoms. The van der Waals surface area contributed by atoms with Crippen LogP contribution >= 0.6 is 0 Å². The highest BCUT2D eigenvalue weighted by molar-refractivity contribution is 5.74. The molecular formula is C24H28N4O2. The van der Waals surface area contributed by atoms with Crippen molar-refractivity contribution in [1.29, 1.82) is 0 Å². The third-order valence-electron chi connectivity index (χ3n) is 6.26. The smallest absolute Gasteiger partial charge is 0.317 e. The molecule has 156 valence electrons. The molecule has 2 amide bonds. The first kappa shape index (κ1) is 19.0. The van der Waals surface area contributed by atoms with Gasteiger partial charge in [-0.05, 0) is 55.5 Å². The van der Waals surface area contributed by atoms with E-state index in [1.54, 1.807) is 0 Å². The van der Waals surface area contributed by atoms with Crippen molar-refractivity contribution in [3.8, 4) is 16.9 Å². The van der Waals surface area contributed by atoms with Crippen LogP contribution in [0.25, 0.3) is 16.8 Å². The number of imidazole rings is 1. The molecule has 1 saturated carbocycles. The topological polar surface area (TPSA) is 58.9 Å². The highest BCUT2D eigenvalue weighted by Crippen LogP contribution is 2.28. The number of pyridine rings is 1. The van der Waals surface area contributed by atoms with Gasteiger partial charge in [0, 0.05) is 56.1 Å². The fourth-order valence-electron chi connectivity index (χ4n) is 4.18. The van der Waals surface area contributed by atoms with Gasteiger partial charge in [-0.15, -0.1) is 0 Å². The maximum Gasteiger partial charge on any atom is 0.317 e. The quantitative estimate of drug-likeness (QED) is 0.691. The van der Waals surface area contributed by atoms with Crippen LogP contribution in [0.1, 0.15) is 31.4 Å². The molecule has 1 aliphatic heterocycles. The fourth-order valence-corrected chi connectivity index (χ4v) is 4.18. The number of carbonyl (C=O) groups is 1. The minimum absolute atomic E-state index is 0.0786. The van der Waals surface area contributed by atoms with E-state index in [-0.39, 0.29) is 12.1 Å². The number of fused-ring (bicyclic) bond motifs is 1. The zero-order chi connectivity index (χ0) is 20.5. The van der Waals surface area contributed by atoms with Crippen molar-refractivity contribution in [3.05, 3.63) is 54.5 Å². The summed E-state index contributed by atoms with van der Waals surface area (Å²) in [7, 11) is 0. The van der Waals surface area contributed by atoms with Gasteiger partial charge in [-0.2, -0.15) is 0 Å². The molecule has 0 atom stereocenters. The summed E-state index contributed by atoms with van der Waals surface area (Å²) in [6.07, 6.45) is 8.23. The number of benzene rings is 1. The Kier molecular flexibility index (Phi) is 5.07. The normalized spacial score (nSPS) is 17.3. The Balaban J connectivity index is 1.17. The number of nitrogens with zero attached hydrogens (tertiary/aromatic N) is 3. The number of carbonyl (C=O) groups excluding carboxylic acids is 1. The van der Waals surface area contributed by atoms with Crippen LogP contribution < -0.4 is 10.1 Å². The summed E-state index contributed by atoms with van der Waals surface area (Å²) in [6, 6.07) is 12.6. The molecule has 2 aliphatic rings. The second-order valence-corrected chi connectivity index (χ2v) is 8.45. The number of nitrogens with one attached hydrogen (secondary N) is 1. The highest BCUT2D eigenvalue weighted by atomic mass is 16.5. The number of aryl methyl sites for hydroxylation is 1. The van der Waals surface area contributed by atoms with Crippen molar-refractivity contribution >= 4 is 11.7 Å². The number of ether oxygens (including phenoxy) is 1. The van der Waals surface area contributed by atoms with E-state index >= 15 is 0 Å². The summed E-state index contributed by atoms with van der Waals surface area (Å²) in [4.78, 5) is 18.5. The van der Waals surface area contributed by atoms with Crippen LogP contribution in [-0.2, 0) is 0 Å². The van der Waals surface area contributed by atoms with Crippen LogP contribution in [-0.4, -0.2) is 46.1 Å². The molecule has 2 aromatic heterocycles. The molecule has 0 spiro atoms. The molecule has 1 saturated heterocycles. The largest absolute Gasteiger partial charge is 0.490 e. The maximum absolute atomic E-state index is 12.2. The van der Waals surface area contributed by atoms with E-state index in [0.29, 0.717) is 5.92 Å². The second kappa shape index (κ2) is 8.01. The molecular weight excluding hydrogens is 376 g/mol. The van der Waals surface area contributed by atoms with Crippen LogP contribution in [0.5, 0.6) is 5.75 Å². The van der Waals surface area contributed by atoms with E-state index in [2.05, 4.69) is 39.8 Å². The predicted octanol–water partition coefficient (Wildman–Crippen LogP) is 4.27. The number of hydrogen-bond donors (Lipinski definition) is 1. The van der Waals surface area contributed by atoms with Gasteiger partial charge in [0.1, 0.15) is 17.5 Å². The number of piperidine rings is 1. The van der Waals surface area contributed by atoms with Gasteiger partial charge in [-0.3, -0.25) is 0 Å². The number of urea groups is 1. The lowest BCUT2D eigenvalue weighted by Gasteiger charge is -2.32. The Labute approximate surface area is 176 Å². The predicted molar refractivity (Wildman–Crippen MR) is 117 cm³/mol. The summed E-state index contributed by atoms with van der Waals surface area (Å²) < 4.78 is 8.30. The Morgan fingerprint density at radius 3 is 2.60 bits per heavy atom. The van der Waals surface area contributed by atoms with Crippen molar-refractivity contribution in [2.24, 2.45) is 5.92 Å². The van der Waals surface area contributed by atoms with Gasteiger partial charge in [0.2, 0.25) is 0 Å². The lowest BCUT2D eigenvalue weighted by molar-refractivity contribution is 0.111. The summed E-state index contributed by atoms with van der Waals surface area (Å²) in [5.41, 5.74) is 4.49. The van der Waals surface area contributed by atoms with Crippen molar-refractivity contribution in [2.75, 3.05) is 19.6 Å². The monoisotopic (exact) mass is 404 g/mol. The first-order valence-corrected chi connectivity index (χ1v) is 10.9. The van der Waals surface area contributed by atoms with Gasteiger partial charge < -0.3 is 19.4 Å². The Bertz CT molecular complexity index is 1030. The van der Waals surface area contributed by atoms with E-state index in [1.165, 1.54) is 24.1 Å². The van der Waals surface area contributed by atoms with Gasteiger partial charge in [-0.1, -0.05) is 12.1 Å². The van der Waals surface area contributed by atoms with E-state index in [4.69, 9.17) is 4.74 Å². The first-order chi connectivity index (χ1) is 14.7. The molecule has 3 aromatic rings. The van der Waals surface area contributed by atoms with Gasteiger partial charge in [0.25, 0.3) is 0 Å². The zero-order valence-electron chi connectivity index (χ0n) is 17.4. The average molecular weight is 405 g/mol. The van der Waals surface area contributed by atoms with Crippen molar-refractivity contribution in [2.45, 2.75) is 38.7 Å². The molecule has 30 heavy (non-hydrogen) atoms. The Hall–Kier alpha value is -3.02. The maximum atomic E-state index is 12.2. The van der Waals surface area contributed by atoms with Crippen molar-refractivity contribution < 1.29 is 9.53 Å². The lowest BCUT2D eigenvalue weighted by Crippen LogP contribution is -2.46. The summed E-state index contributed by atoms with van der Waals surface area (Å²) in [5, 5.41) is 3.06. The van der Waals surface area contributed by atoms with E-state index in [1.807, 2.05) is 35.5 Å². The molecule has 6 nitrogen and oxygen atoms in total. The SMILES string of the molecule is Cc1c(-c2ccc(OC3CCN(C(=O)NCC4CC4)CC3)cc2)ccc2nccn12. The standard InChI is InChI=1S/C24H28N4O2/c1-17-22(8-9-23-25-12-15-28(17)23)19-4-6-20(7-5-19)30-21-10-13-27(14-11-21)24(29)26-16-18-2-3-18/h4-9,12,15,18,21H,2-3,10-11,13-14,16H2,1H3,(H,26,29). The minimum atomic E-state index is 0.0786. The number of hydrogen-bond acceptors (Lipinski definition) is 3. The Morgan fingerprint density at radius 2 is 1.87 bits per heavy atom. The molecule has 2 fully saturated rings. The lowest BCUT2D eigenvalue weighted by atomic mass is 10.0. The van der Waals surface area contributed by atoms with Gasteiger partial charge in [0.15, 0.2) is 0 Å². The van der Waals surface area contributed by atoms with Gasteiger partial charge in [-0.25, -0.2) is 9.78 Å². The molecule has 1 N–H and O–H groups in total. The Morgan fingerprint density at radius 1 is 1.10 bits per heavy atom. The van der Waals surface area contributed by atoms with Crippen LogP contribution in [0.4, 0.5) is 4.79 Å². The highest BCUT2D eigenvalue weighted by Gasteiger charge is 2.26. The molecule has 0 unspecified atom stereocenters. The van der Waals surface area contributed by atoms with E-state index in [0.717, 1.165) is 49.4 Å². The zero-order valence-corrected chi connectivity index (χ0v) is 17.4. The van der Waals surface area contributed by atoms with Gasteiger partial charge in [0.05, 0.1) is 0 Å². The van der Waals surface area contributed by atoms with Crippen molar-refractivity contribution in [1.82, 2.24) is 19.6 Å². The average Bonchev–Trinajstić information content (AvgIpc) is 3.48.